The summed E-state index contributed by atoms with van der Waals surface area (Å²) in [4.78, 5) is 25.9. The van der Waals surface area contributed by atoms with E-state index in [-0.39, 0.29) is 11.8 Å². The van der Waals surface area contributed by atoms with Crippen LogP contribution in [-0.4, -0.2) is 29.3 Å². The van der Waals surface area contributed by atoms with E-state index in [0.717, 1.165) is 5.56 Å². The lowest BCUT2D eigenvalue weighted by atomic mass is 10.00. The molecule has 1 aliphatic rings. The Morgan fingerprint density at radius 1 is 1.32 bits per heavy atom. The average molecular weight is 256 g/mol. The number of hydrogen-bond acceptors (Lipinski definition) is 2. The Morgan fingerprint density at radius 2 is 2.00 bits per heavy atom. The maximum atomic E-state index is 12.2. The fourth-order valence-electron chi connectivity index (χ4n) is 2.26. The van der Waals surface area contributed by atoms with Gasteiger partial charge in [0.25, 0.3) is 0 Å². The molecule has 4 nitrogen and oxygen atoms in total. The van der Waals surface area contributed by atoms with Crippen molar-refractivity contribution >= 4 is 11.8 Å². The smallest absolute Gasteiger partial charge is 0.248 e. The summed E-state index contributed by atoms with van der Waals surface area (Å²) in [7, 11) is 0. The molecule has 2 rings (SSSR count). The van der Waals surface area contributed by atoms with Gasteiger partial charge in [0, 0.05) is 13.0 Å². The summed E-state index contributed by atoms with van der Waals surface area (Å²) in [5.74, 6) is 2.26. The van der Waals surface area contributed by atoms with E-state index in [9.17, 15) is 9.59 Å². The van der Waals surface area contributed by atoms with E-state index in [0.29, 0.717) is 13.0 Å². The van der Waals surface area contributed by atoms with E-state index >= 15 is 0 Å². The van der Waals surface area contributed by atoms with Crippen LogP contribution in [0.3, 0.4) is 0 Å². The van der Waals surface area contributed by atoms with Gasteiger partial charge in [-0.25, -0.2) is 0 Å². The molecule has 1 N–H and O–H groups in total. The van der Waals surface area contributed by atoms with E-state index in [1.807, 2.05) is 30.3 Å². The van der Waals surface area contributed by atoms with Gasteiger partial charge in [-0.2, -0.15) is 0 Å². The Kier molecular flexibility index (Phi) is 3.86. The lowest BCUT2D eigenvalue weighted by molar-refractivity contribution is -0.149. The molecular formula is C15H16N2O2. The zero-order chi connectivity index (χ0) is 13.8. The van der Waals surface area contributed by atoms with Gasteiger partial charge in [-0.05, 0) is 12.5 Å². The third-order valence-corrected chi connectivity index (χ3v) is 3.18. The summed E-state index contributed by atoms with van der Waals surface area (Å²) in [6.45, 7) is 2.08. The average Bonchev–Trinajstić information content (AvgIpc) is 2.42. The third kappa shape index (κ3) is 2.60. The molecule has 98 valence electrons. The molecule has 0 aliphatic carbocycles. The quantitative estimate of drug-likeness (QED) is 0.823. The SMILES string of the molecule is C#CCCN1C(=O)C(C)NC(=O)C1c1ccccc1. The number of amides is 2. The van der Waals surface area contributed by atoms with E-state index in [4.69, 9.17) is 6.42 Å². The van der Waals surface area contributed by atoms with Crippen LogP contribution in [0.2, 0.25) is 0 Å². The number of nitrogens with zero attached hydrogens (tertiary/aromatic N) is 1. The van der Waals surface area contributed by atoms with Gasteiger partial charge >= 0.3 is 0 Å². The second-order valence-corrected chi connectivity index (χ2v) is 4.53. The molecule has 4 heteroatoms. The van der Waals surface area contributed by atoms with Gasteiger partial charge in [0.2, 0.25) is 11.8 Å². The van der Waals surface area contributed by atoms with Crippen LogP contribution < -0.4 is 5.32 Å². The van der Waals surface area contributed by atoms with Crippen LogP contribution in [0, 0.1) is 12.3 Å². The third-order valence-electron chi connectivity index (χ3n) is 3.18. The summed E-state index contributed by atoms with van der Waals surface area (Å²) < 4.78 is 0. The van der Waals surface area contributed by atoms with Gasteiger partial charge in [-0.3, -0.25) is 9.59 Å². The fourth-order valence-corrected chi connectivity index (χ4v) is 2.26. The second kappa shape index (κ2) is 5.57. The number of benzene rings is 1. The Morgan fingerprint density at radius 3 is 2.63 bits per heavy atom. The van der Waals surface area contributed by atoms with E-state index < -0.39 is 12.1 Å². The van der Waals surface area contributed by atoms with Gasteiger partial charge in [0.15, 0.2) is 0 Å². The highest BCUT2D eigenvalue weighted by Gasteiger charge is 2.38. The molecule has 1 heterocycles. The van der Waals surface area contributed by atoms with Crippen molar-refractivity contribution in [2.45, 2.75) is 25.4 Å². The second-order valence-electron chi connectivity index (χ2n) is 4.53. The zero-order valence-corrected chi connectivity index (χ0v) is 10.8. The Balaban J connectivity index is 2.33. The molecule has 0 bridgehead atoms. The summed E-state index contributed by atoms with van der Waals surface area (Å²) in [5, 5.41) is 2.70. The topological polar surface area (TPSA) is 49.4 Å². The highest BCUT2D eigenvalue weighted by Crippen LogP contribution is 2.25. The zero-order valence-electron chi connectivity index (χ0n) is 10.8. The van der Waals surface area contributed by atoms with Crippen molar-refractivity contribution in [3.63, 3.8) is 0 Å². The van der Waals surface area contributed by atoms with Crippen LogP contribution in [0.15, 0.2) is 30.3 Å². The summed E-state index contributed by atoms with van der Waals surface area (Å²) in [5.41, 5.74) is 0.803. The van der Waals surface area contributed by atoms with Crippen molar-refractivity contribution in [1.82, 2.24) is 10.2 Å². The number of carbonyl (C=O) groups excluding carboxylic acids is 2. The molecule has 0 spiro atoms. The predicted octanol–water partition coefficient (Wildman–Crippen LogP) is 1.10. The van der Waals surface area contributed by atoms with Crippen molar-refractivity contribution in [2.24, 2.45) is 0 Å². The maximum Gasteiger partial charge on any atom is 0.248 e. The van der Waals surface area contributed by atoms with Crippen molar-refractivity contribution in [3.05, 3.63) is 35.9 Å². The van der Waals surface area contributed by atoms with Crippen molar-refractivity contribution < 1.29 is 9.59 Å². The number of rotatable bonds is 3. The van der Waals surface area contributed by atoms with Gasteiger partial charge in [0.05, 0.1) is 0 Å². The Labute approximate surface area is 112 Å². The summed E-state index contributed by atoms with van der Waals surface area (Å²) >= 11 is 0. The number of terminal acetylenes is 1. The van der Waals surface area contributed by atoms with Gasteiger partial charge < -0.3 is 10.2 Å². The standard InChI is InChI=1S/C15H16N2O2/c1-3-4-10-17-13(12-8-6-5-7-9-12)14(18)16-11(2)15(17)19/h1,5-9,11,13H,4,10H2,2H3,(H,16,18). The molecule has 1 aliphatic heterocycles. The number of piperazine rings is 1. The van der Waals surface area contributed by atoms with Crippen LogP contribution in [0.1, 0.15) is 24.9 Å². The maximum absolute atomic E-state index is 12.2. The van der Waals surface area contributed by atoms with Gasteiger partial charge in [0.1, 0.15) is 12.1 Å². The first-order chi connectivity index (χ1) is 9.15. The number of carbonyl (C=O) groups is 2. The molecule has 1 aromatic rings. The summed E-state index contributed by atoms with van der Waals surface area (Å²) in [6, 6.07) is 8.19. The highest BCUT2D eigenvalue weighted by molar-refractivity contribution is 5.97. The lowest BCUT2D eigenvalue weighted by Crippen LogP contribution is -2.58. The minimum Gasteiger partial charge on any atom is -0.342 e. The van der Waals surface area contributed by atoms with Crippen LogP contribution in [-0.2, 0) is 9.59 Å². The van der Waals surface area contributed by atoms with Crippen LogP contribution in [0.25, 0.3) is 0 Å². The fraction of sp³-hybridized carbons (Fsp3) is 0.333. The minimum atomic E-state index is -0.585. The molecule has 1 aromatic carbocycles. The number of hydrogen-bond donors (Lipinski definition) is 1. The van der Waals surface area contributed by atoms with Crippen LogP contribution in [0.5, 0.6) is 0 Å². The molecule has 0 saturated carbocycles. The Hall–Kier alpha value is -2.28. The first-order valence-corrected chi connectivity index (χ1v) is 6.24. The van der Waals surface area contributed by atoms with Crippen molar-refractivity contribution in [3.8, 4) is 12.3 Å². The van der Waals surface area contributed by atoms with Gasteiger partial charge in [-0.15, -0.1) is 12.3 Å². The van der Waals surface area contributed by atoms with E-state index in [1.165, 1.54) is 0 Å². The van der Waals surface area contributed by atoms with E-state index in [1.54, 1.807) is 11.8 Å². The largest absolute Gasteiger partial charge is 0.342 e. The molecule has 1 saturated heterocycles. The highest BCUT2D eigenvalue weighted by atomic mass is 16.2. The van der Waals surface area contributed by atoms with E-state index in [2.05, 4.69) is 11.2 Å². The monoisotopic (exact) mass is 256 g/mol. The molecule has 1 fully saturated rings. The summed E-state index contributed by atoms with van der Waals surface area (Å²) in [6.07, 6.45) is 5.70. The molecule has 0 radical (unpaired) electrons. The first kappa shape index (κ1) is 13.2. The molecular weight excluding hydrogens is 240 g/mol. The minimum absolute atomic E-state index is 0.0938. The normalized spacial score (nSPS) is 22.8. The van der Waals surface area contributed by atoms with Crippen LogP contribution >= 0.6 is 0 Å². The molecule has 2 atom stereocenters. The van der Waals surface area contributed by atoms with Crippen molar-refractivity contribution in [1.29, 1.82) is 0 Å². The van der Waals surface area contributed by atoms with Gasteiger partial charge in [-0.1, -0.05) is 30.3 Å². The van der Waals surface area contributed by atoms with Crippen LogP contribution in [0.4, 0.5) is 0 Å². The molecule has 0 aromatic heterocycles. The predicted molar refractivity (Wildman–Crippen MR) is 72.0 cm³/mol. The molecule has 2 unspecified atom stereocenters. The van der Waals surface area contributed by atoms with Crippen molar-refractivity contribution in [2.75, 3.05) is 6.54 Å². The lowest BCUT2D eigenvalue weighted by Gasteiger charge is -2.37. The Bertz CT molecular complexity index is 519. The molecule has 19 heavy (non-hydrogen) atoms. The first-order valence-electron chi connectivity index (χ1n) is 6.24. The number of nitrogens with one attached hydrogen (secondary N) is 1. The molecule has 2 amide bonds.